The van der Waals surface area contributed by atoms with Gasteiger partial charge in [0.15, 0.2) is 0 Å². The fraction of sp³-hybridized carbons (Fsp3) is 0.217. The number of nitrogens with one attached hydrogen (secondary N) is 2. The molecule has 3 N–H and O–H groups in total. The van der Waals surface area contributed by atoms with Gasteiger partial charge in [-0.3, -0.25) is 4.79 Å². The molecule has 0 spiro atoms. The molecule has 1 aliphatic rings. The van der Waals surface area contributed by atoms with Gasteiger partial charge < -0.3 is 19.8 Å². The van der Waals surface area contributed by atoms with Crippen LogP contribution in [0.3, 0.4) is 0 Å². The van der Waals surface area contributed by atoms with Crippen LogP contribution in [-0.4, -0.2) is 28.2 Å². The summed E-state index contributed by atoms with van der Waals surface area (Å²) in [5, 5.41) is 12.8. The maximum absolute atomic E-state index is 10.9. The molecule has 0 radical (unpaired) electrons. The Morgan fingerprint density at radius 2 is 2.03 bits per heavy atom. The summed E-state index contributed by atoms with van der Waals surface area (Å²) >= 11 is 0. The molecule has 0 bridgehead atoms. The molecule has 0 amide bonds. The Bertz CT molecular complexity index is 1310. The molecule has 6 heteroatoms. The third-order valence-electron chi connectivity index (χ3n) is 5.29. The van der Waals surface area contributed by atoms with Gasteiger partial charge in [0.2, 0.25) is 0 Å². The normalized spacial score (nSPS) is 15.1. The minimum Gasteiger partial charge on any atom is -0.494 e. The predicted molar refractivity (Wildman–Crippen MR) is 111 cm³/mol. The summed E-state index contributed by atoms with van der Waals surface area (Å²) in [6, 6.07) is 9.97. The van der Waals surface area contributed by atoms with Crippen molar-refractivity contribution in [3.05, 3.63) is 74.1 Å². The number of benzene rings is 1. The molecule has 0 unspecified atom stereocenters. The molecule has 29 heavy (non-hydrogen) atoms. The Morgan fingerprint density at radius 3 is 2.76 bits per heavy atom. The summed E-state index contributed by atoms with van der Waals surface area (Å²) in [5.41, 5.74) is 4.90. The van der Waals surface area contributed by atoms with E-state index in [2.05, 4.69) is 16.0 Å². The average Bonchev–Trinajstić information content (AvgIpc) is 3.36. The first kappa shape index (κ1) is 18.8. The summed E-state index contributed by atoms with van der Waals surface area (Å²) in [6.45, 7) is 3.98. The quantitative estimate of drug-likeness (QED) is 0.609. The maximum atomic E-state index is 10.9. The Labute approximate surface area is 167 Å². The SMILES string of the molecule is COc1cc(=C2C=c3ccccc3=N2)[nH]c1=Cc1[nH]c(C)c(CCC(=O)O)c1C. The standard InChI is InChI=1S/C23H23N3O3/c1-13-16(8-9-23(27)28)14(2)24-18(13)11-21-22(29-3)12-20(26-21)19-10-15-6-4-5-7-17(15)25-19/h4-7,10-12,24,26H,8-9H2,1-3H3,(H,27,28). The highest BCUT2D eigenvalue weighted by Crippen LogP contribution is 2.20. The lowest BCUT2D eigenvalue weighted by atomic mass is 10.0. The average molecular weight is 389 g/mol. The number of nitrogens with zero attached hydrogens (tertiary/aromatic N) is 1. The van der Waals surface area contributed by atoms with E-state index in [1.54, 1.807) is 7.11 Å². The Kier molecular flexibility index (Phi) is 4.84. The third-order valence-corrected chi connectivity index (χ3v) is 5.29. The zero-order valence-corrected chi connectivity index (χ0v) is 16.7. The van der Waals surface area contributed by atoms with Crippen molar-refractivity contribution in [2.75, 3.05) is 7.11 Å². The molecule has 2 aromatic heterocycles. The fourth-order valence-electron chi connectivity index (χ4n) is 3.74. The van der Waals surface area contributed by atoms with E-state index >= 15 is 0 Å². The molecule has 1 aromatic carbocycles. The van der Waals surface area contributed by atoms with Gasteiger partial charge in [0.05, 0.1) is 28.9 Å². The number of fused-ring (bicyclic) bond motifs is 1. The molecule has 0 atom stereocenters. The van der Waals surface area contributed by atoms with Crippen molar-refractivity contribution < 1.29 is 14.6 Å². The van der Waals surface area contributed by atoms with Gasteiger partial charge in [0, 0.05) is 29.1 Å². The summed E-state index contributed by atoms with van der Waals surface area (Å²) in [7, 11) is 1.64. The fourth-order valence-corrected chi connectivity index (χ4v) is 3.74. The van der Waals surface area contributed by atoms with Crippen LogP contribution >= 0.6 is 0 Å². The van der Waals surface area contributed by atoms with E-state index in [0.29, 0.717) is 6.42 Å². The van der Waals surface area contributed by atoms with Crippen LogP contribution in [0.15, 0.2) is 35.3 Å². The smallest absolute Gasteiger partial charge is 0.303 e. The van der Waals surface area contributed by atoms with Crippen molar-refractivity contribution in [3.8, 4) is 5.75 Å². The second kappa shape index (κ2) is 7.47. The van der Waals surface area contributed by atoms with E-state index in [9.17, 15) is 4.79 Å². The zero-order valence-electron chi connectivity index (χ0n) is 16.7. The van der Waals surface area contributed by atoms with E-state index in [0.717, 1.165) is 55.2 Å². The van der Waals surface area contributed by atoms with Crippen LogP contribution in [0.5, 0.6) is 5.75 Å². The number of H-pyrrole nitrogens is 2. The van der Waals surface area contributed by atoms with Crippen LogP contribution in [-0.2, 0) is 11.2 Å². The number of aromatic amines is 2. The summed E-state index contributed by atoms with van der Waals surface area (Å²) < 4.78 is 5.57. The van der Waals surface area contributed by atoms with Crippen molar-refractivity contribution in [3.63, 3.8) is 0 Å². The van der Waals surface area contributed by atoms with E-state index in [-0.39, 0.29) is 6.42 Å². The lowest BCUT2D eigenvalue weighted by Crippen LogP contribution is -2.19. The monoisotopic (exact) mass is 389 g/mol. The van der Waals surface area contributed by atoms with E-state index in [1.807, 2.05) is 50.3 Å². The molecule has 0 aliphatic carbocycles. The zero-order chi connectivity index (χ0) is 20.5. The molecule has 148 valence electrons. The first-order valence-electron chi connectivity index (χ1n) is 9.50. The molecule has 0 fully saturated rings. The van der Waals surface area contributed by atoms with Crippen molar-refractivity contribution in [2.24, 2.45) is 4.99 Å². The van der Waals surface area contributed by atoms with E-state index in [4.69, 9.17) is 14.8 Å². The number of para-hydroxylation sites is 1. The first-order valence-corrected chi connectivity index (χ1v) is 9.50. The highest BCUT2D eigenvalue weighted by Gasteiger charge is 2.12. The number of carboxylic acid groups (broad SMARTS) is 1. The van der Waals surface area contributed by atoms with Gasteiger partial charge in [-0.2, -0.15) is 0 Å². The largest absolute Gasteiger partial charge is 0.494 e. The highest BCUT2D eigenvalue weighted by molar-refractivity contribution is 5.76. The van der Waals surface area contributed by atoms with Crippen LogP contribution in [0.2, 0.25) is 0 Å². The second-order valence-corrected chi connectivity index (χ2v) is 7.17. The van der Waals surface area contributed by atoms with Crippen molar-refractivity contribution in [2.45, 2.75) is 26.7 Å². The molecule has 4 rings (SSSR count). The highest BCUT2D eigenvalue weighted by atomic mass is 16.5. The summed E-state index contributed by atoms with van der Waals surface area (Å²) in [6.07, 6.45) is 4.68. The molecule has 3 heterocycles. The minimum absolute atomic E-state index is 0.116. The molecular weight excluding hydrogens is 366 g/mol. The van der Waals surface area contributed by atoms with Crippen LogP contribution in [0.25, 0.3) is 17.8 Å². The van der Waals surface area contributed by atoms with Crippen LogP contribution in [0, 0.1) is 13.8 Å². The number of rotatable bonds is 5. The summed E-state index contributed by atoms with van der Waals surface area (Å²) in [5.74, 6) is -0.0633. The number of aryl methyl sites for hydroxylation is 1. The second-order valence-electron chi connectivity index (χ2n) is 7.17. The minimum atomic E-state index is -0.791. The number of carboxylic acids is 1. The number of hydrogen-bond donors (Lipinski definition) is 3. The van der Waals surface area contributed by atoms with Crippen LogP contribution < -0.4 is 26.0 Å². The lowest BCUT2D eigenvalue weighted by Gasteiger charge is -1.99. The van der Waals surface area contributed by atoms with Crippen molar-refractivity contribution in [1.29, 1.82) is 0 Å². The van der Waals surface area contributed by atoms with Gasteiger partial charge in [-0.1, -0.05) is 18.2 Å². The van der Waals surface area contributed by atoms with Crippen LogP contribution in [0.1, 0.15) is 28.9 Å². The van der Waals surface area contributed by atoms with E-state index in [1.165, 1.54) is 0 Å². The van der Waals surface area contributed by atoms with Gasteiger partial charge in [-0.05, 0) is 49.6 Å². The lowest BCUT2D eigenvalue weighted by molar-refractivity contribution is -0.136. The predicted octanol–water partition coefficient (Wildman–Crippen LogP) is 1.04. The van der Waals surface area contributed by atoms with Crippen molar-refractivity contribution >= 4 is 23.8 Å². The number of ether oxygens (including phenoxy) is 1. The molecule has 1 aliphatic heterocycles. The number of aliphatic carboxylic acids is 1. The number of carbonyl (C=O) groups is 1. The maximum Gasteiger partial charge on any atom is 0.303 e. The van der Waals surface area contributed by atoms with Gasteiger partial charge in [0.1, 0.15) is 5.75 Å². The van der Waals surface area contributed by atoms with Crippen molar-refractivity contribution in [1.82, 2.24) is 9.97 Å². The molecule has 0 saturated heterocycles. The number of aromatic nitrogens is 2. The van der Waals surface area contributed by atoms with Gasteiger partial charge in [0.25, 0.3) is 0 Å². The molecule has 3 aromatic rings. The molecule has 6 nitrogen and oxygen atoms in total. The number of methoxy groups -OCH3 is 1. The Balaban J connectivity index is 1.80. The topological polar surface area (TPSA) is 90.5 Å². The summed E-state index contributed by atoms with van der Waals surface area (Å²) in [4.78, 5) is 22.4. The molecular formula is C23H23N3O3. The van der Waals surface area contributed by atoms with Gasteiger partial charge in [-0.25, -0.2) is 4.99 Å². The molecule has 0 saturated carbocycles. The van der Waals surface area contributed by atoms with E-state index < -0.39 is 5.97 Å². The first-order chi connectivity index (χ1) is 14.0. The third kappa shape index (κ3) is 3.61. The Hall–Kier alpha value is -3.54. The Morgan fingerprint density at radius 1 is 1.24 bits per heavy atom. The number of hydrogen-bond acceptors (Lipinski definition) is 3. The van der Waals surface area contributed by atoms with Gasteiger partial charge in [-0.15, -0.1) is 0 Å². The van der Waals surface area contributed by atoms with Gasteiger partial charge >= 0.3 is 5.97 Å². The van der Waals surface area contributed by atoms with Crippen LogP contribution in [0.4, 0.5) is 0 Å².